The number of aromatic nitrogens is 2. The maximum Gasteiger partial charge on any atom is 0.273 e. The van der Waals surface area contributed by atoms with Gasteiger partial charge in [0, 0.05) is 17.8 Å². The molecule has 0 unspecified atom stereocenters. The van der Waals surface area contributed by atoms with Crippen molar-refractivity contribution in [3.63, 3.8) is 0 Å². The molecular weight excluding hydrogens is 347 g/mol. The molecule has 2 aromatic heterocycles. The van der Waals surface area contributed by atoms with E-state index in [1.54, 1.807) is 6.20 Å². The second kappa shape index (κ2) is 4.23. The number of hydrogen-bond acceptors (Lipinski definition) is 3. The molecule has 0 fully saturated rings. The molecule has 3 aromatic rings. The van der Waals surface area contributed by atoms with Crippen molar-refractivity contribution in [2.45, 2.75) is 0 Å². The maximum absolute atomic E-state index is 11.2. The van der Waals surface area contributed by atoms with Crippen LogP contribution in [0.5, 0.6) is 0 Å². The molecule has 3 nitrogen and oxygen atoms in total. The first kappa shape index (κ1) is 10.9. The molecular formula is C12H7IN2OS. The molecule has 0 spiro atoms. The number of thiazole rings is 1. The van der Waals surface area contributed by atoms with Crippen molar-refractivity contribution in [1.29, 1.82) is 0 Å². The van der Waals surface area contributed by atoms with Crippen LogP contribution in [0.15, 0.2) is 47.4 Å². The van der Waals surface area contributed by atoms with Crippen molar-refractivity contribution >= 4 is 38.9 Å². The Morgan fingerprint density at radius 2 is 1.94 bits per heavy atom. The first-order valence-corrected chi connectivity index (χ1v) is 6.88. The number of hydrogen-bond donors (Lipinski definition) is 0. The van der Waals surface area contributed by atoms with E-state index in [1.807, 2.05) is 22.6 Å². The highest BCUT2D eigenvalue weighted by atomic mass is 127. The summed E-state index contributed by atoms with van der Waals surface area (Å²) in [4.78, 5) is 16.0. The molecule has 2 heterocycles. The fourth-order valence-electron chi connectivity index (χ4n) is 1.70. The van der Waals surface area contributed by atoms with Gasteiger partial charge in [-0.2, -0.15) is 4.98 Å². The van der Waals surface area contributed by atoms with Gasteiger partial charge in [-0.1, -0.05) is 41.7 Å². The zero-order chi connectivity index (χ0) is 11.8. The molecule has 17 heavy (non-hydrogen) atoms. The van der Waals surface area contributed by atoms with Gasteiger partial charge in [-0.25, -0.2) is 0 Å². The fourth-order valence-corrected chi connectivity index (χ4v) is 3.72. The lowest BCUT2D eigenvalue weighted by molar-refractivity contribution is 1.11. The second-order valence-electron chi connectivity index (χ2n) is 3.51. The Hall–Kier alpha value is -1.21. The zero-order valence-corrected chi connectivity index (χ0v) is 11.6. The summed E-state index contributed by atoms with van der Waals surface area (Å²) < 4.78 is 3.09. The predicted octanol–water partition coefficient (Wildman–Crippen LogP) is 3.03. The van der Waals surface area contributed by atoms with Gasteiger partial charge in [-0.3, -0.25) is 9.20 Å². The van der Waals surface area contributed by atoms with E-state index in [1.165, 1.54) is 17.4 Å². The van der Waals surface area contributed by atoms with Crippen LogP contribution in [-0.2, 0) is 0 Å². The molecule has 0 radical (unpaired) electrons. The molecule has 0 aliphatic heterocycles. The van der Waals surface area contributed by atoms with Gasteiger partial charge in [0.2, 0.25) is 0 Å². The predicted molar refractivity (Wildman–Crippen MR) is 77.5 cm³/mol. The van der Waals surface area contributed by atoms with Crippen LogP contribution < -0.4 is 5.56 Å². The molecule has 0 aliphatic rings. The first-order chi connectivity index (χ1) is 8.25. The molecule has 84 valence electrons. The summed E-state index contributed by atoms with van der Waals surface area (Å²) in [6.07, 6.45) is 1.78. The Morgan fingerprint density at radius 3 is 2.71 bits per heavy atom. The molecule has 0 saturated heterocycles. The van der Waals surface area contributed by atoms with Gasteiger partial charge < -0.3 is 0 Å². The molecule has 0 aliphatic carbocycles. The summed E-state index contributed by atoms with van der Waals surface area (Å²) in [5.74, 6) is 0. The van der Waals surface area contributed by atoms with E-state index in [-0.39, 0.29) is 5.56 Å². The Kier molecular flexibility index (Phi) is 2.71. The van der Waals surface area contributed by atoms with Gasteiger partial charge in [0.1, 0.15) is 0 Å². The van der Waals surface area contributed by atoms with E-state index in [4.69, 9.17) is 0 Å². The second-order valence-corrected chi connectivity index (χ2v) is 6.30. The summed E-state index contributed by atoms with van der Waals surface area (Å²) in [5.41, 5.74) is 2.04. The van der Waals surface area contributed by atoms with Crippen molar-refractivity contribution in [3.8, 4) is 11.3 Å². The zero-order valence-electron chi connectivity index (χ0n) is 8.63. The molecule has 0 N–H and O–H groups in total. The van der Waals surface area contributed by atoms with Crippen LogP contribution in [0.3, 0.4) is 0 Å². The lowest BCUT2D eigenvalue weighted by Crippen LogP contribution is -2.05. The average Bonchev–Trinajstić information content (AvgIpc) is 2.65. The molecule has 5 heteroatoms. The molecule has 1 aromatic carbocycles. The van der Waals surface area contributed by atoms with Crippen LogP contribution >= 0.6 is 33.9 Å². The van der Waals surface area contributed by atoms with E-state index in [0.29, 0.717) is 0 Å². The topological polar surface area (TPSA) is 34.4 Å². The fraction of sp³-hybridized carbons (Fsp3) is 0. The van der Waals surface area contributed by atoms with Crippen molar-refractivity contribution < 1.29 is 0 Å². The Bertz CT molecular complexity index is 733. The van der Waals surface area contributed by atoms with Crippen molar-refractivity contribution in [1.82, 2.24) is 9.38 Å². The van der Waals surface area contributed by atoms with Crippen molar-refractivity contribution in [2.24, 2.45) is 0 Å². The quantitative estimate of drug-likeness (QED) is 0.630. The number of nitrogens with zero attached hydrogens (tertiary/aromatic N) is 2. The van der Waals surface area contributed by atoms with Crippen LogP contribution in [0.25, 0.3) is 16.2 Å². The van der Waals surface area contributed by atoms with E-state index in [9.17, 15) is 4.79 Å². The largest absolute Gasteiger partial charge is 0.290 e. The molecule has 0 atom stereocenters. The van der Waals surface area contributed by atoms with E-state index < -0.39 is 0 Å². The Labute approximate surface area is 115 Å². The van der Waals surface area contributed by atoms with Gasteiger partial charge >= 0.3 is 0 Å². The number of benzene rings is 1. The van der Waals surface area contributed by atoms with E-state index in [2.05, 4.69) is 39.7 Å². The van der Waals surface area contributed by atoms with Gasteiger partial charge in [-0.15, -0.1) is 0 Å². The third kappa shape index (κ3) is 1.89. The maximum atomic E-state index is 11.2. The molecule has 3 rings (SSSR count). The van der Waals surface area contributed by atoms with Crippen LogP contribution in [0.1, 0.15) is 0 Å². The van der Waals surface area contributed by atoms with Crippen LogP contribution in [0.2, 0.25) is 0 Å². The summed E-state index contributed by atoms with van der Waals surface area (Å²) in [6, 6.07) is 11.6. The number of rotatable bonds is 1. The van der Waals surface area contributed by atoms with Crippen molar-refractivity contribution in [3.05, 3.63) is 55.8 Å². The van der Waals surface area contributed by atoms with Crippen molar-refractivity contribution in [2.75, 3.05) is 0 Å². The third-order valence-corrected chi connectivity index (χ3v) is 4.45. The van der Waals surface area contributed by atoms with Gasteiger partial charge in [0.05, 0.1) is 8.58 Å². The molecule has 0 amide bonds. The van der Waals surface area contributed by atoms with Crippen LogP contribution in [0.4, 0.5) is 0 Å². The monoisotopic (exact) mass is 354 g/mol. The summed E-state index contributed by atoms with van der Waals surface area (Å²) in [5, 5.41) is 0. The smallest absolute Gasteiger partial charge is 0.273 e. The molecule has 0 saturated carbocycles. The summed E-state index contributed by atoms with van der Waals surface area (Å²) in [6.45, 7) is 0. The summed E-state index contributed by atoms with van der Waals surface area (Å²) >= 11 is 3.81. The Morgan fingerprint density at radius 1 is 1.18 bits per heavy atom. The van der Waals surface area contributed by atoms with Gasteiger partial charge in [0.25, 0.3) is 5.56 Å². The minimum absolute atomic E-state index is 0.192. The van der Waals surface area contributed by atoms with Crippen LogP contribution in [0, 0.1) is 2.88 Å². The Balaban J connectivity index is 2.37. The highest BCUT2D eigenvalue weighted by molar-refractivity contribution is 14.1. The van der Waals surface area contributed by atoms with Crippen LogP contribution in [-0.4, -0.2) is 9.38 Å². The minimum Gasteiger partial charge on any atom is -0.290 e. The average molecular weight is 354 g/mol. The number of fused-ring (bicyclic) bond motifs is 1. The van der Waals surface area contributed by atoms with E-state index in [0.717, 1.165) is 19.1 Å². The third-order valence-electron chi connectivity index (χ3n) is 2.43. The lowest BCUT2D eigenvalue weighted by atomic mass is 10.2. The summed E-state index contributed by atoms with van der Waals surface area (Å²) in [7, 11) is 0. The highest BCUT2D eigenvalue weighted by Crippen LogP contribution is 2.31. The molecule has 0 bridgehead atoms. The van der Waals surface area contributed by atoms with Gasteiger partial charge in [-0.05, 0) is 22.6 Å². The first-order valence-electron chi connectivity index (χ1n) is 4.99. The minimum atomic E-state index is -0.192. The standard InChI is InChI=1S/C12H7IN2OS/c13-11-10(8-4-2-1-3-5-8)15-7-6-9(16)14-12(15)17-11/h1-7H. The lowest BCUT2D eigenvalue weighted by Gasteiger charge is -2.01. The normalized spacial score (nSPS) is 10.9. The SMILES string of the molecule is O=c1ccn2c(-c3ccccc3)c(I)sc2n1. The highest BCUT2D eigenvalue weighted by Gasteiger charge is 2.11. The number of halogens is 1. The van der Waals surface area contributed by atoms with Gasteiger partial charge in [0.15, 0.2) is 4.96 Å². The van der Waals surface area contributed by atoms with E-state index >= 15 is 0 Å².